The summed E-state index contributed by atoms with van der Waals surface area (Å²) in [5, 5.41) is 0. The summed E-state index contributed by atoms with van der Waals surface area (Å²) in [5.41, 5.74) is 1.00. The van der Waals surface area contributed by atoms with Gasteiger partial charge in [-0.05, 0) is 50.3 Å². The lowest BCUT2D eigenvalue weighted by atomic mass is 9.82. The van der Waals surface area contributed by atoms with E-state index in [1.54, 1.807) is 0 Å². The van der Waals surface area contributed by atoms with Gasteiger partial charge in [0, 0.05) is 18.8 Å². The van der Waals surface area contributed by atoms with Gasteiger partial charge in [-0.2, -0.15) is 0 Å². The van der Waals surface area contributed by atoms with E-state index in [-0.39, 0.29) is 6.04 Å². The van der Waals surface area contributed by atoms with Gasteiger partial charge in [-0.3, -0.25) is 14.7 Å². The third-order valence-corrected chi connectivity index (χ3v) is 5.95. The standard InChI is InChI=1S/C19H27N3O/c23-19-18-12-15(9-11-22(18)17-7-2-1-3-8-17)13-21(19)14-16-6-4-5-10-20-16/h4-6,10,15,17-18H,1-3,7-9,11-14H2/t15-,18+/m0/s1. The lowest BCUT2D eigenvalue weighted by molar-refractivity contribution is -0.148. The minimum absolute atomic E-state index is 0.134. The fourth-order valence-corrected chi connectivity index (χ4v) is 4.76. The molecule has 4 nitrogen and oxygen atoms in total. The molecule has 0 aromatic carbocycles. The smallest absolute Gasteiger partial charge is 0.240 e. The van der Waals surface area contributed by atoms with Gasteiger partial charge in [-0.1, -0.05) is 25.3 Å². The molecular weight excluding hydrogens is 286 g/mol. The summed E-state index contributed by atoms with van der Waals surface area (Å²) in [6, 6.07) is 6.74. The summed E-state index contributed by atoms with van der Waals surface area (Å²) in [5.74, 6) is 1.03. The van der Waals surface area contributed by atoms with Crippen LogP contribution in [-0.4, -0.2) is 45.9 Å². The summed E-state index contributed by atoms with van der Waals surface area (Å²) in [7, 11) is 0. The summed E-state index contributed by atoms with van der Waals surface area (Å²) in [6.07, 6.45) is 10.8. The molecule has 0 radical (unpaired) electrons. The van der Waals surface area contributed by atoms with Crippen molar-refractivity contribution in [3.05, 3.63) is 30.1 Å². The van der Waals surface area contributed by atoms with Crippen LogP contribution >= 0.6 is 0 Å². The van der Waals surface area contributed by atoms with Crippen molar-refractivity contribution in [3.8, 4) is 0 Å². The Balaban J connectivity index is 1.48. The van der Waals surface area contributed by atoms with Crippen molar-refractivity contribution >= 4 is 5.91 Å². The van der Waals surface area contributed by atoms with Crippen LogP contribution < -0.4 is 0 Å². The van der Waals surface area contributed by atoms with Crippen molar-refractivity contribution in [2.24, 2.45) is 5.92 Å². The summed E-state index contributed by atoms with van der Waals surface area (Å²) >= 11 is 0. The first-order chi connectivity index (χ1) is 11.3. The molecule has 4 heteroatoms. The van der Waals surface area contributed by atoms with E-state index in [0.29, 0.717) is 24.4 Å². The van der Waals surface area contributed by atoms with E-state index in [0.717, 1.165) is 25.2 Å². The van der Waals surface area contributed by atoms with Gasteiger partial charge in [0.1, 0.15) is 0 Å². The maximum Gasteiger partial charge on any atom is 0.240 e. The molecule has 23 heavy (non-hydrogen) atoms. The molecule has 2 aliphatic heterocycles. The van der Waals surface area contributed by atoms with Gasteiger partial charge in [0.15, 0.2) is 0 Å². The van der Waals surface area contributed by atoms with Crippen LogP contribution in [0.4, 0.5) is 0 Å². The van der Waals surface area contributed by atoms with Gasteiger partial charge >= 0.3 is 0 Å². The lowest BCUT2D eigenvalue weighted by Crippen LogP contribution is -2.61. The molecular formula is C19H27N3O. The predicted octanol–water partition coefficient (Wildman–Crippen LogP) is 2.84. The molecule has 2 bridgehead atoms. The van der Waals surface area contributed by atoms with E-state index in [4.69, 9.17) is 0 Å². The molecule has 124 valence electrons. The monoisotopic (exact) mass is 313 g/mol. The second kappa shape index (κ2) is 6.60. The van der Waals surface area contributed by atoms with E-state index in [1.807, 2.05) is 24.4 Å². The molecule has 0 spiro atoms. The number of aromatic nitrogens is 1. The highest BCUT2D eigenvalue weighted by Crippen LogP contribution is 2.35. The highest BCUT2D eigenvalue weighted by Gasteiger charge is 2.43. The molecule has 1 aliphatic carbocycles. The Morgan fingerprint density at radius 2 is 2.00 bits per heavy atom. The number of hydrogen-bond donors (Lipinski definition) is 0. The van der Waals surface area contributed by atoms with Crippen LogP contribution in [0.15, 0.2) is 24.4 Å². The molecule has 2 saturated heterocycles. The van der Waals surface area contributed by atoms with Crippen molar-refractivity contribution in [3.63, 3.8) is 0 Å². The number of amides is 1. The highest BCUT2D eigenvalue weighted by molar-refractivity contribution is 5.83. The molecule has 1 aromatic rings. The molecule has 1 amide bonds. The Kier molecular flexibility index (Phi) is 4.34. The molecule has 3 fully saturated rings. The van der Waals surface area contributed by atoms with Crippen LogP contribution in [0.1, 0.15) is 50.6 Å². The average molecular weight is 313 g/mol. The third kappa shape index (κ3) is 3.14. The van der Waals surface area contributed by atoms with Gasteiger partial charge in [0.2, 0.25) is 5.91 Å². The normalized spacial score (nSPS) is 29.7. The first-order valence-corrected chi connectivity index (χ1v) is 9.26. The Hall–Kier alpha value is -1.42. The number of fused-ring (bicyclic) bond motifs is 2. The zero-order valence-corrected chi connectivity index (χ0v) is 13.9. The SMILES string of the molecule is O=C1[C@H]2C[C@H](CCN2C2CCCCC2)CN1Cc1ccccn1. The van der Waals surface area contributed by atoms with Crippen LogP contribution in [0, 0.1) is 5.92 Å². The summed E-state index contributed by atoms with van der Waals surface area (Å²) in [6.45, 7) is 2.72. The number of rotatable bonds is 3. The zero-order chi connectivity index (χ0) is 15.6. The van der Waals surface area contributed by atoms with Gasteiger partial charge in [0.25, 0.3) is 0 Å². The minimum atomic E-state index is 0.134. The van der Waals surface area contributed by atoms with Gasteiger partial charge in [-0.25, -0.2) is 0 Å². The Morgan fingerprint density at radius 1 is 1.13 bits per heavy atom. The van der Waals surface area contributed by atoms with Crippen LogP contribution in [0.3, 0.4) is 0 Å². The Morgan fingerprint density at radius 3 is 2.78 bits per heavy atom. The molecule has 1 aromatic heterocycles. The molecule has 3 heterocycles. The van der Waals surface area contributed by atoms with E-state index >= 15 is 0 Å². The van der Waals surface area contributed by atoms with Crippen molar-refractivity contribution in [1.82, 2.24) is 14.8 Å². The maximum atomic E-state index is 13.0. The topological polar surface area (TPSA) is 36.4 Å². The van der Waals surface area contributed by atoms with E-state index in [9.17, 15) is 4.79 Å². The van der Waals surface area contributed by atoms with Crippen LogP contribution in [0.25, 0.3) is 0 Å². The van der Waals surface area contributed by atoms with E-state index < -0.39 is 0 Å². The molecule has 4 rings (SSSR count). The summed E-state index contributed by atoms with van der Waals surface area (Å²) in [4.78, 5) is 22.1. The van der Waals surface area contributed by atoms with Crippen molar-refractivity contribution < 1.29 is 4.79 Å². The number of likely N-dealkylation sites (tertiary alicyclic amines) is 2. The number of hydrogen-bond acceptors (Lipinski definition) is 3. The molecule has 0 unspecified atom stereocenters. The Bertz CT molecular complexity index is 541. The van der Waals surface area contributed by atoms with Crippen LogP contribution in [0.2, 0.25) is 0 Å². The maximum absolute atomic E-state index is 13.0. The second-order valence-corrected chi connectivity index (χ2v) is 7.48. The van der Waals surface area contributed by atoms with Crippen molar-refractivity contribution in [2.75, 3.05) is 13.1 Å². The number of nitrogens with zero attached hydrogens (tertiary/aromatic N) is 3. The average Bonchev–Trinajstić information content (AvgIpc) is 2.61. The third-order valence-electron chi connectivity index (χ3n) is 5.95. The van der Waals surface area contributed by atoms with Crippen molar-refractivity contribution in [2.45, 2.75) is 63.6 Å². The first kappa shape index (κ1) is 15.1. The van der Waals surface area contributed by atoms with Gasteiger partial charge in [-0.15, -0.1) is 0 Å². The number of pyridine rings is 1. The fraction of sp³-hybridized carbons (Fsp3) is 0.684. The first-order valence-electron chi connectivity index (χ1n) is 9.26. The predicted molar refractivity (Wildman–Crippen MR) is 89.7 cm³/mol. The van der Waals surface area contributed by atoms with Gasteiger partial charge in [0.05, 0.1) is 18.3 Å². The minimum Gasteiger partial charge on any atom is -0.335 e. The van der Waals surface area contributed by atoms with Crippen LogP contribution in [0.5, 0.6) is 0 Å². The zero-order valence-electron chi connectivity index (χ0n) is 13.9. The largest absolute Gasteiger partial charge is 0.335 e. The fourth-order valence-electron chi connectivity index (χ4n) is 4.76. The summed E-state index contributed by atoms with van der Waals surface area (Å²) < 4.78 is 0. The van der Waals surface area contributed by atoms with Gasteiger partial charge < -0.3 is 4.90 Å². The Labute approximate surface area is 138 Å². The van der Waals surface area contributed by atoms with E-state index in [2.05, 4.69) is 14.8 Å². The van der Waals surface area contributed by atoms with Crippen molar-refractivity contribution in [1.29, 1.82) is 0 Å². The number of carbonyl (C=O) groups excluding carboxylic acids is 1. The molecule has 1 saturated carbocycles. The quantitative estimate of drug-likeness (QED) is 0.861. The molecule has 2 atom stereocenters. The highest BCUT2D eigenvalue weighted by atomic mass is 16.2. The molecule has 3 aliphatic rings. The number of piperidine rings is 2. The second-order valence-electron chi connectivity index (χ2n) is 7.48. The molecule has 0 N–H and O–H groups in total. The lowest BCUT2D eigenvalue weighted by Gasteiger charge is -2.49. The van der Waals surface area contributed by atoms with Crippen LogP contribution in [-0.2, 0) is 11.3 Å². The number of carbonyl (C=O) groups is 1. The van der Waals surface area contributed by atoms with E-state index in [1.165, 1.54) is 38.5 Å².